The molecule has 2 atom stereocenters. The molecule has 3 aromatic rings. The summed E-state index contributed by atoms with van der Waals surface area (Å²) >= 11 is 0. The number of carbonyl (C=O) groups excluding carboxylic acids is 1. The second-order valence-electron chi connectivity index (χ2n) is 11.9. The van der Waals surface area contributed by atoms with Gasteiger partial charge in [0.15, 0.2) is 5.83 Å². The van der Waals surface area contributed by atoms with E-state index in [-0.39, 0.29) is 25.1 Å². The van der Waals surface area contributed by atoms with Crippen LogP contribution < -0.4 is 14.5 Å². The van der Waals surface area contributed by atoms with Crippen LogP contribution in [0.2, 0.25) is 0 Å². The Balaban J connectivity index is 1.32. The lowest BCUT2D eigenvalue weighted by atomic mass is 9.99. The van der Waals surface area contributed by atoms with Gasteiger partial charge in [-0.3, -0.25) is 9.69 Å². The number of nitrogens with zero attached hydrogens (tertiary/aromatic N) is 7. The number of piperazine rings is 1. The standard InChI is InChI=1S/C34H40FN7O3/c1-4-39-17-18-44-27(20-39)22-45-34-37-29-21-40(30-10-6-9-25-8-5-7-23(2)31(25)30)14-12-28(29)32(38-34)41-15-16-42(33(43)24(3)35)26(19-41)11-13-36/h5-10,26-27H,3-4,11-12,14-22H2,1-2H3/t26-,27?/m0/s1. The van der Waals surface area contributed by atoms with Gasteiger partial charge in [-0.1, -0.05) is 43.8 Å². The van der Waals surface area contributed by atoms with E-state index < -0.39 is 17.8 Å². The fourth-order valence-electron chi connectivity index (χ4n) is 6.78. The number of benzene rings is 2. The van der Waals surface area contributed by atoms with Crippen molar-refractivity contribution in [1.29, 1.82) is 5.26 Å². The summed E-state index contributed by atoms with van der Waals surface area (Å²) in [4.78, 5) is 30.6. The van der Waals surface area contributed by atoms with Crippen molar-refractivity contribution in [2.24, 2.45) is 0 Å². The number of rotatable bonds is 8. The Morgan fingerprint density at radius 2 is 1.96 bits per heavy atom. The molecular weight excluding hydrogens is 573 g/mol. The number of ether oxygens (including phenoxy) is 2. The van der Waals surface area contributed by atoms with Gasteiger partial charge in [-0.25, -0.2) is 4.39 Å². The molecule has 11 heteroatoms. The Labute approximate surface area is 263 Å². The molecule has 4 heterocycles. The minimum Gasteiger partial charge on any atom is -0.461 e. The van der Waals surface area contributed by atoms with Gasteiger partial charge in [-0.05, 0) is 36.9 Å². The number of halogens is 1. The van der Waals surface area contributed by atoms with E-state index in [2.05, 4.69) is 77.6 Å². The number of hydrogen-bond donors (Lipinski definition) is 0. The monoisotopic (exact) mass is 613 g/mol. The lowest BCUT2D eigenvalue weighted by molar-refractivity contribution is -0.131. The van der Waals surface area contributed by atoms with Crippen molar-refractivity contribution in [3.8, 4) is 12.1 Å². The number of carbonyl (C=O) groups is 1. The normalized spacial score (nSPS) is 20.5. The van der Waals surface area contributed by atoms with E-state index in [0.29, 0.717) is 39.3 Å². The quantitative estimate of drug-likeness (QED) is 0.349. The molecule has 3 aliphatic heterocycles. The number of hydrogen-bond acceptors (Lipinski definition) is 9. The first-order valence-corrected chi connectivity index (χ1v) is 15.7. The highest BCUT2D eigenvalue weighted by Crippen LogP contribution is 2.36. The molecule has 10 nitrogen and oxygen atoms in total. The SMILES string of the molecule is C=C(F)C(=O)N1CCN(c2nc(OCC3CN(CC)CCO3)nc3c2CCN(c2cccc4cccc(C)c24)C3)C[C@@H]1CC#N. The van der Waals surface area contributed by atoms with E-state index in [9.17, 15) is 14.4 Å². The summed E-state index contributed by atoms with van der Waals surface area (Å²) in [6.45, 7) is 13.5. The summed E-state index contributed by atoms with van der Waals surface area (Å²) < 4.78 is 26.0. The fourth-order valence-corrected chi connectivity index (χ4v) is 6.78. The van der Waals surface area contributed by atoms with Crippen LogP contribution >= 0.6 is 0 Å². The molecule has 1 unspecified atom stereocenters. The Hall–Kier alpha value is -4.27. The van der Waals surface area contributed by atoms with E-state index in [1.165, 1.54) is 26.9 Å². The lowest BCUT2D eigenvalue weighted by Gasteiger charge is -2.42. The highest BCUT2D eigenvalue weighted by molar-refractivity contribution is 5.97. The summed E-state index contributed by atoms with van der Waals surface area (Å²) in [5, 5.41) is 12.0. The summed E-state index contributed by atoms with van der Waals surface area (Å²) in [6.07, 6.45) is 0.710. The maximum Gasteiger partial charge on any atom is 0.318 e. The van der Waals surface area contributed by atoms with Gasteiger partial charge in [-0.15, -0.1) is 0 Å². The van der Waals surface area contributed by atoms with Crippen molar-refractivity contribution in [1.82, 2.24) is 19.8 Å². The third-order valence-electron chi connectivity index (χ3n) is 9.13. The van der Waals surface area contributed by atoms with Gasteiger partial charge in [0.1, 0.15) is 18.5 Å². The zero-order chi connectivity index (χ0) is 31.5. The summed E-state index contributed by atoms with van der Waals surface area (Å²) in [5.74, 6) is -1.03. The first kappa shape index (κ1) is 30.7. The molecule has 0 spiro atoms. The maximum absolute atomic E-state index is 13.8. The average molecular weight is 614 g/mol. The number of nitriles is 1. The van der Waals surface area contributed by atoms with Gasteiger partial charge >= 0.3 is 6.01 Å². The molecule has 0 aliphatic carbocycles. The van der Waals surface area contributed by atoms with Crippen LogP contribution in [-0.4, -0.2) is 96.8 Å². The Bertz CT molecular complexity index is 1620. The van der Waals surface area contributed by atoms with Gasteiger partial charge in [0.2, 0.25) is 0 Å². The number of fused-ring (bicyclic) bond motifs is 2. The first-order chi connectivity index (χ1) is 21.9. The highest BCUT2D eigenvalue weighted by atomic mass is 19.1. The van der Waals surface area contributed by atoms with Crippen molar-refractivity contribution in [2.45, 2.75) is 45.4 Å². The van der Waals surface area contributed by atoms with Gasteiger partial charge in [0.05, 0.1) is 37.4 Å². The molecule has 3 aliphatic rings. The fraction of sp³-hybridized carbons (Fsp3) is 0.471. The van der Waals surface area contributed by atoms with Crippen molar-refractivity contribution >= 4 is 28.2 Å². The zero-order valence-corrected chi connectivity index (χ0v) is 26.0. The largest absolute Gasteiger partial charge is 0.461 e. The number of aromatic nitrogens is 2. The molecule has 0 N–H and O–H groups in total. The van der Waals surface area contributed by atoms with Crippen molar-refractivity contribution in [2.75, 3.05) is 68.8 Å². The number of likely N-dealkylation sites (N-methyl/N-ethyl adjacent to an activating group) is 1. The summed E-state index contributed by atoms with van der Waals surface area (Å²) in [6, 6.07) is 14.7. The predicted molar refractivity (Wildman–Crippen MR) is 171 cm³/mol. The van der Waals surface area contributed by atoms with Gasteiger partial charge in [0.25, 0.3) is 5.91 Å². The van der Waals surface area contributed by atoms with Crippen molar-refractivity contribution in [3.05, 3.63) is 65.6 Å². The number of anilines is 2. The Kier molecular flexibility index (Phi) is 9.14. The maximum atomic E-state index is 13.8. The van der Waals surface area contributed by atoms with E-state index in [4.69, 9.17) is 19.4 Å². The van der Waals surface area contributed by atoms with Crippen LogP contribution in [0.1, 0.15) is 30.2 Å². The minimum absolute atomic E-state index is 0.0767. The third kappa shape index (κ3) is 6.44. The van der Waals surface area contributed by atoms with Crippen LogP contribution in [0.15, 0.2) is 48.8 Å². The number of aryl methyl sites for hydroxylation is 1. The van der Waals surface area contributed by atoms with Crippen LogP contribution in [0.25, 0.3) is 10.8 Å². The van der Waals surface area contributed by atoms with Crippen LogP contribution in [0.4, 0.5) is 15.9 Å². The van der Waals surface area contributed by atoms with Crippen LogP contribution in [0.3, 0.4) is 0 Å². The topological polar surface area (TPSA) is 98.1 Å². The highest BCUT2D eigenvalue weighted by Gasteiger charge is 2.35. The van der Waals surface area contributed by atoms with E-state index in [1.54, 1.807) is 0 Å². The second-order valence-corrected chi connectivity index (χ2v) is 11.9. The molecule has 0 radical (unpaired) electrons. The molecule has 1 amide bonds. The van der Waals surface area contributed by atoms with E-state index in [1.807, 2.05) is 0 Å². The smallest absolute Gasteiger partial charge is 0.318 e. The molecule has 2 aromatic carbocycles. The predicted octanol–water partition coefficient (Wildman–Crippen LogP) is 4.01. The van der Waals surface area contributed by atoms with Crippen molar-refractivity contribution < 1.29 is 18.7 Å². The van der Waals surface area contributed by atoms with E-state index >= 15 is 0 Å². The van der Waals surface area contributed by atoms with Crippen LogP contribution in [-0.2, 0) is 22.5 Å². The van der Waals surface area contributed by atoms with E-state index in [0.717, 1.165) is 43.3 Å². The molecule has 0 saturated carbocycles. The van der Waals surface area contributed by atoms with Gasteiger partial charge in [0, 0.05) is 55.9 Å². The molecule has 45 heavy (non-hydrogen) atoms. The summed E-state index contributed by atoms with van der Waals surface area (Å²) in [5.41, 5.74) is 4.31. The minimum atomic E-state index is -1.02. The first-order valence-electron chi connectivity index (χ1n) is 15.7. The van der Waals surface area contributed by atoms with Gasteiger partial charge < -0.3 is 24.2 Å². The average Bonchev–Trinajstić information content (AvgIpc) is 3.06. The molecular formula is C34H40FN7O3. The van der Waals surface area contributed by atoms with Crippen LogP contribution in [0, 0.1) is 18.3 Å². The second kappa shape index (κ2) is 13.4. The molecule has 2 fully saturated rings. The van der Waals surface area contributed by atoms with Crippen molar-refractivity contribution in [3.63, 3.8) is 0 Å². The molecule has 1 aromatic heterocycles. The van der Waals surface area contributed by atoms with Crippen LogP contribution in [0.5, 0.6) is 6.01 Å². The number of amides is 1. The Morgan fingerprint density at radius 3 is 2.73 bits per heavy atom. The number of morpholine rings is 1. The molecule has 236 valence electrons. The van der Waals surface area contributed by atoms with Gasteiger partial charge in [-0.2, -0.15) is 15.2 Å². The molecule has 2 saturated heterocycles. The third-order valence-corrected chi connectivity index (χ3v) is 9.13. The summed E-state index contributed by atoms with van der Waals surface area (Å²) in [7, 11) is 0. The molecule has 0 bridgehead atoms. The molecule has 6 rings (SSSR count). The zero-order valence-electron chi connectivity index (χ0n) is 26.0. The Morgan fingerprint density at radius 1 is 1.13 bits per heavy atom. The lowest BCUT2D eigenvalue weighted by Crippen LogP contribution is -2.55.